The predicted octanol–water partition coefficient (Wildman–Crippen LogP) is 3.19. The van der Waals surface area contributed by atoms with Crippen molar-refractivity contribution in [2.24, 2.45) is 0 Å². The number of halogens is 1. The molecule has 1 saturated heterocycles. The van der Waals surface area contributed by atoms with Crippen molar-refractivity contribution < 1.29 is 4.79 Å². The lowest BCUT2D eigenvalue weighted by Gasteiger charge is -2.36. The summed E-state index contributed by atoms with van der Waals surface area (Å²) in [5.41, 5.74) is 2.46. The number of carbonyl (C=O) groups is 1. The van der Waals surface area contributed by atoms with Crippen LogP contribution < -0.4 is 10.2 Å². The molecule has 1 aliphatic rings. The number of aromatic nitrogens is 4. The summed E-state index contributed by atoms with van der Waals surface area (Å²) in [7, 11) is 0. The van der Waals surface area contributed by atoms with E-state index in [4.69, 9.17) is 11.6 Å². The highest BCUT2D eigenvalue weighted by Crippen LogP contribution is 2.34. The number of piperazine rings is 1. The predicted molar refractivity (Wildman–Crippen MR) is 124 cm³/mol. The van der Waals surface area contributed by atoms with Gasteiger partial charge in [0.1, 0.15) is 0 Å². The molecule has 0 saturated carbocycles. The Balaban J connectivity index is 1.42. The summed E-state index contributed by atoms with van der Waals surface area (Å²) in [5, 5.41) is 16.0. The molecule has 0 spiro atoms. The van der Waals surface area contributed by atoms with E-state index in [-0.39, 0.29) is 11.7 Å². The highest BCUT2D eigenvalue weighted by Gasteiger charge is 2.21. The maximum atomic E-state index is 12.7. The molecule has 1 aliphatic heterocycles. The maximum Gasteiger partial charge on any atom is 0.234 e. The Morgan fingerprint density at radius 3 is 2.61 bits per heavy atom. The minimum atomic E-state index is -0.136. The lowest BCUT2D eigenvalue weighted by molar-refractivity contribution is -0.113. The molecule has 0 radical (unpaired) electrons. The van der Waals surface area contributed by atoms with Gasteiger partial charge < -0.3 is 15.1 Å². The lowest BCUT2D eigenvalue weighted by Crippen LogP contribution is -2.46. The van der Waals surface area contributed by atoms with Gasteiger partial charge in [-0.3, -0.25) is 4.79 Å². The molecule has 10 heteroatoms. The normalized spacial score (nSPS) is 14.6. The summed E-state index contributed by atoms with van der Waals surface area (Å²) >= 11 is 7.81. The van der Waals surface area contributed by atoms with Crippen LogP contribution in [0.4, 0.5) is 11.4 Å². The zero-order valence-corrected chi connectivity index (χ0v) is 18.8. The first-order valence-electron chi connectivity index (χ1n) is 10.2. The molecule has 0 aliphatic carbocycles. The molecule has 8 nitrogen and oxygen atoms in total. The number of hydrogen-bond acceptors (Lipinski definition) is 7. The first kappa shape index (κ1) is 21.6. The van der Waals surface area contributed by atoms with Gasteiger partial charge in [-0.15, -0.1) is 5.10 Å². The van der Waals surface area contributed by atoms with Crippen molar-refractivity contribution in [2.45, 2.75) is 12.1 Å². The summed E-state index contributed by atoms with van der Waals surface area (Å²) in [4.78, 5) is 17.4. The van der Waals surface area contributed by atoms with Gasteiger partial charge in [-0.05, 0) is 41.2 Å². The van der Waals surface area contributed by atoms with E-state index in [1.165, 1.54) is 11.8 Å². The van der Waals surface area contributed by atoms with E-state index in [0.717, 1.165) is 49.8 Å². The molecule has 1 aromatic heterocycles. The molecule has 2 heterocycles. The summed E-state index contributed by atoms with van der Waals surface area (Å²) < 4.78 is 1.62. The number of para-hydroxylation sites is 2. The fourth-order valence-corrected chi connectivity index (χ4v) is 4.53. The van der Waals surface area contributed by atoms with E-state index in [9.17, 15) is 4.79 Å². The van der Waals surface area contributed by atoms with Gasteiger partial charge in [-0.1, -0.05) is 54.6 Å². The second-order valence-electron chi connectivity index (χ2n) is 7.10. The molecule has 1 fully saturated rings. The van der Waals surface area contributed by atoms with E-state index < -0.39 is 0 Å². The van der Waals surface area contributed by atoms with Crippen LogP contribution in [0.25, 0.3) is 5.69 Å². The molecule has 1 N–H and O–H groups in total. The van der Waals surface area contributed by atoms with Gasteiger partial charge in [-0.25, -0.2) is 0 Å². The van der Waals surface area contributed by atoms with Gasteiger partial charge in [0.05, 0.1) is 27.8 Å². The molecule has 162 valence electrons. The molecule has 0 atom stereocenters. The molecule has 0 bridgehead atoms. The molecule has 1 amide bonds. The molecule has 4 rings (SSSR count). The number of benzene rings is 2. The van der Waals surface area contributed by atoms with Crippen molar-refractivity contribution in [3.8, 4) is 5.69 Å². The van der Waals surface area contributed by atoms with Gasteiger partial charge in [0.25, 0.3) is 0 Å². The van der Waals surface area contributed by atoms with Gasteiger partial charge in [-0.2, -0.15) is 4.68 Å². The average molecular weight is 458 g/mol. The monoisotopic (exact) mass is 457 g/mol. The third-order valence-electron chi connectivity index (χ3n) is 5.17. The van der Waals surface area contributed by atoms with E-state index >= 15 is 0 Å². The summed E-state index contributed by atoms with van der Waals surface area (Å²) in [6, 6.07) is 15.2. The number of thioether (sulfide) groups is 1. The van der Waals surface area contributed by atoms with Crippen molar-refractivity contribution in [2.75, 3.05) is 48.7 Å². The Morgan fingerprint density at radius 1 is 1.10 bits per heavy atom. The van der Waals surface area contributed by atoms with Crippen LogP contribution in [0, 0.1) is 0 Å². The van der Waals surface area contributed by atoms with Crippen molar-refractivity contribution in [3.63, 3.8) is 0 Å². The number of anilines is 2. The zero-order valence-electron chi connectivity index (χ0n) is 17.2. The van der Waals surface area contributed by atoms with Crippen LogP contribution in [0.5, 0.6) is 0 Å². The van der Waals surface area contributed by atoms with Crippen molar-refractivity contribution in [1.29, 1.82) is 0 Å². The first-order valence-corrected chi connectivity index (χ1v) is 11.5. The number of nitrogens with zero attached hydrogens (tertiary/aromatic N) is 6. The third-order valence-corrected chi connectivity index (χ3v) is 6.39. The van der Waals surface area contributed by atoms with Gasteiger partial charge >= 0.3 is 0 Å². The van der Waals surface area contributed by atoms with E-state index in [0.29, 0.717) is 10.2 Å². The zero-order chi connectivity index (χ0) is 21.6. The highest BCUT2D eigenvalue weighted by molar-refractivity contribution is 7.99. The largest absolute Gasteiger partial charge is 0.366 e. The quantitative estimate of drug-likeness (QED) is 0.546. The highest BCUT2D eigenvalue weighted by atomic mass is 35.5. The van der Waals surface area contributed by atoms with Crippen LogP contribution in [0.15, 0.2) is 53.7 Å². The molecule has 0 unspecified atom stereocenters. The second-order valence-corrected chi connectivity index (χ2v) is 8.45. The van der Waals surface area contributed by atoms with Crippen LogP contribution in [0.1, 0.15) is 6.92 Å². The number of nitrogens with one attached hydrogen (secondary N) is 1. The fourth-order valence-electron chi connectivity index (χ4n) is 3.54. The van der Waals surface area contributed by atoms with Crippen molar-refractivity contribution in [1.82, 2.24) is 25.1 Å². The summed E-state index contributed by atoms with van der Waals surface area (Å²) in [6.45, 7) is 6.92. The van der Waals surface area contributed by atoms with Crippen LogP contribution >= 0.6 is 23.4 Å². The Labute approximate surface area is 190 Å². The smallest absolute Gasteiger partial charge is 0.234 e. The number of carbonyl (C=O) groups excluding carboxylic acids is 1. The molecular weight excluding hydrogens is 434 g/mol. The minimum Gasteiger partial charge on any atom is -0.366 e. The summed E-state index contributed by atoms with van der Waals surface area (Å²) in [5.74, 6) is 0.0475. The lowest BCUT2D eigenvalue weighted by atomic mass is 10.2. The fraction of sp³-hybridized carbons (Fsp3) is 0.333. The van der Waals surface area contributed by atoms with Crippen LogP contribution in [-0.2, 0) is 4.79 Å². The Hall–Kier alpha value is -2.62. The molecule has 3 aromatic rings. The van der Waals surface area contributed by atoms with Crippen LogP contribution in [-0.4, -0.2) is 69.5 Å². The molecular formula is C21H24ClN7OS. The second kappa shape index (κ2) is 10.1. The Morgan fingerprint density at radius 2 is 1.87 bits per heavy atom. The standard InChI is InChI=1S/C21H24ClN7OS/c1-2-27-11-13-28(14-12-27)20-17(22)9-6-10-18(20)23-19(30)15-31-21-24-25-26-29(21)16-7-4-3-5-8-16/h3-10H,2,11-15H2,1H3,(H,23,30). The van der Waals surface area contributed by atoms with E-state index in [1.807, 2.05) is 48.5 Å². The van der Waals surface area contributed by atoms with Crippen molar-refractivity contribution in [3.05, 3.63) is 53.6 Å². The molecule has 31 heavy (non-hydrogen) atoms. The van der Waals surface area contributed by atoms with Crippen molar-refractivity contribution >= 4 is 40.6 Å². The van der Waals surface area contributed by atoms with Gasteiger partial charge in [0.2, 0.25) is 11.1 Å². The SMILES string of the molecule is CCN1CCN(c2c(Cl)cccc2NC(=O)CSc2nnnn2-c2ccccc2)CC1. The number of tetrazole rings is 1. The van der Waals surface area contributed by atoms with Gasteiger partial charge in [0.15, 0.2) is 0 Å². The minimum absolute atomic E-state index is 0.136. The third kappa shape index (κ3) is 5.17. The number of hydrogen-bond donors (Lipinski definition) is 1. The number of likely N-dealkylation sites (N-methyl/N-ethyl adjacent to an activating group) is 1. The topological polar surface area (TPSA) is 79.2 Å². The first-order chi connectivity index (χ1) is 15.2. The Bertz CT molecular complexity index is 1020. The summed E-state index contributed by atoms with van der Waals surface area (Å²) in [6.07, 6.45) is 0. The van der Waals surface area contributed by atoms with Gasteiger partial charge in [0, 0.05) is 26.2 Å². The number of amides is 1. The van der Waals surface area contributed by atoms with Crippen LogP contribution in [0.3, 0.4) is 0 Å². The molecule has 2 aromatic carbocycles. The van der Waals surface area contributed by atoms with Crippen LogP contribution in [0.2, 0.25) is 5.02 Å². The number of rotatable bonds is 7. The van der Waals surface area contributed by atoms with E-state index in [2.05, 4.69) is 37.6 Å². The maximum absolute atomic E-state index is 12.7. The van der Waals surface area contributed by atoms with E-state index in [1.54, 1.807) is 4.68 Å². The Kier molecular flexibility index (Phi) is 7.06. The average Bonchev–Trinajstić information content (AvgIpc) is 3.27.